The molecule has 0 fully saturated rings. The fraction of sp³-hybridized carbons (Fsp3) is 0.154. The molecule has 1 atom stereocenters. The van der Waals surface area contributed by atoms with Crippen molar-refractivity contribution in [1.29, 1.82) is 0 Å². The van der Waals surface area contributed by atoms with Gasteiger partial charge in [0.2, 0.25) is 0 Å². The van der Waals surface area contributed by atoms with Crippen LogP contribution in [0.1, 0.15) is 5.69 Å². The maximum absolute atomic E-state index is 13.6. The zero-order valence-electron chi connectivity index (χ0n) is 9.63. The molecule has 0 aliphatic rings. The Balaban J connectivity index is 2.37. The molecule has 1 aromatic carbocycles. The van der Waals surface area contributed by atoms with Gasteiger partial charge in [-0.05, 0) is 24.3 Å². The second-order valence-electron chi connectivity index (χ2n) is 3.74. The second-order valence-corrected chi connectivity index (χ2v) is 3.74. The number of pyridine rings is 1. The fourth-order valence-electron chi connectivity index (χ4n) is 1.46. The quantitative estimate of drug-likeness (QED) is 0.926. The van der Waals surface area contributed by atoms with Gasteiger partial charge in [-0.2, -0.15) is 4.39 Å². The Morgan fingerprint density at radius 2 is 1.79 bits per heavy atom. The lowest BCUT2D eigenvalue weighted by molar-refractivity contribution is -0.197. The first-order valence-corrected chi connectivity index (χ1v) is 5.39. The highest BCUT2D eigenvalue weighted by Crippen LogP contribution is 2.36. The van der Waals surface area contributed by atoms with E-state index in [1.165, 1.54) is 12.1 Å². The lowest BCUT2D eigenvalue weighted by Gasteiger charge is -2.19. The number of aromatic nitrogens is 1. The summed E-state index contributed by atoms with van der Waals surface area (Å²) in [5.74, 6) is -3.80. The van der Waals surface area contributed by atoms with Gasteiger partial charge in [-0.3, -0.25) is 4.98 Å². The number of ether oxygens (including phenoxy) is 1. The van der Waals surface area contributed by atoms with Gasteiger partial charge < -0.3 is 9.84 Å². The standard InChI is InChI=1S/C13H10F3NO2/c14-12(15)13(16,18)11-10(7-4-8-17-11)19-9-5-2-1-3-6-9/h1-8,12,18H. The minimum Gasteiger partial charge on any atom is -0.455 e. The molecule has 19 heavy (non-hydrogen) atoms. The van der Waals surface area contributed by atoms with Crippen LogP contribution in [0.2, 0.25) is 0 Å². The predicted octanol–water partition coefficient (Wildman–Crippen LogP) is 3.25. The molecule has 1 aromatic heterocycles. The van der Waals surface area contributed by atoms with Gasteiger partial charge in [0, 0.05) is 6.20 Å². The van der Waals surface area contributed by atoms with Crippen molar-refractivity contribution in [3.05, 3.63) is 54.4 Å². The Bertz CT molecular complexity index is 547. The van der Waals surface area contributed by atoms with Crippen molar-refractivity contribution < 1.29 is 23.0 Å². The number of benzene rings is 1. The first kappa shape index (κ1) is 13.4. The summed E-state index contributed by atoms with van der Waals surface area (Å²) >= 11 is 0. The van der Waals surface area contributed by atoms with Crippen LogP contribution in [0.4, 0.5) is 13.2 Å². The molecular weight excluding hydrogens is 259 g/mol. The van der Waals surface area contributed by atoms with Gasteiger partial charge in [0.15, 0.2) is 11.4 Å². The highest BCUT2D eigenvalue weighted by molar-refractivity contribution is 5.36. The van der Waals surface area contributed by atoms with E-state index in [-0.39, 0.29) is 5.75 Å². The minimum absolute atomic E-state index is 0.265. The number of alkyl halides is 3. The topological polar surface area (TPSA) is 42.4 Å². The number of rotatable bonds is 4. The van der Waals surface area contributed by atoms with Crippen LogP contribution in [0, 0.1) is 0 Å². The van der Waals surface area contributed by atoms with E-state index in [9.17, 15) is 13.2 Å². The van der Waals surface area contributed by atoms with Crippen molar-refractivity contribution in [2.24, 2.45) is 0 Å². The van der Waals surface area contributed by atoms with Gasteiger partial charge >= 0.3 is 12.3 Å². The predicted molar refractivity (Wildman–Crippen MR) is 61.8 cm³/mol. The van der Waals surface area contributed by atoms with E-state index < -0.39 is 18.0 Å². The molecule has 0 amide bonds. The van der Waals surface area contributed by atoms with Crippen LogP contribution in [0.3, 0.4) is 0 Å². The average molecular weight is 269 g/mol. The number of aliphatic hydroxyl groups is 1. The highest BCUT2D eigenvalue weighted by Gasteiger charge is 2.44. The summed E-state index contributed by atoms with van der Waals surface area (Å²) in [5, 5.41) is 9.16. The molecule has 3 nitrogen and oxygen atoms in total. The minimum atomic E-state index is -3.86. The van der Waals surface area contributed by atoms with E-state index in [1.54, 1.807) is 30.3 Å². The molecule has 2 aromatic rings. The Hall–Kier alpha value is -2.08. The third-order valence-electron chi connectivity index (χ3n) is 2.36. The molecule has 0 aliphatic carbocycles. The van der Waals surface area contributed by atoms with E-state index in [0.29, 0.717) is 5.75 Å². The summed E-state index contributed by atoms with van der Waals surface area (Å²) in [4.78, 5) is 3.44. The number of nitrogens with zero attached hydrogens (tertiary/aromatic N) is 1. The molecular formula is C13H10F3NO2. The summed E-state index contributed by atoms with van der Waals surface area (Å²) in [6.45, 7) is 0. The van der Waals surface area contributed by atoms with E-state index in [0.717, 1.165) is 6.20 Å². The van der Waals surface area contributed by atoms with Crippen molar-refractivity contribution in [3.63, 3.8) is 0 Å². The van der Waals surface area contributed by atoms with Crippen LogP contribution in [0.15, 0.2) is 48.7 Å². The average Bonchev–Trinajstić information content (AvgIpc) is 2.40. The third kappa shape index (κ3) is 2.85. The van der Waals surface area contributed by atoms with Gasteiger partial charge in [0.05, 0.1) is 0 Å². The van der Waals surface area contributed by atoms with Gasteiger partial charge in [0.25, 0.3) is 0 Å². The molecule has 1 heterocycles. The lowest BCUT2D eigenvalue weighted by atomic mass is 10.2. The monoisotopic (exact) mass is 269 g/mol. The van der Waals surface area contributed by atoms with Gasteiger partial charge in [-0.15, -0.1) is 0 Å². The molecule has 0 spiro atoms. The van der Waals surface area contributed by atoms with Crippen LogP contribution in [-0.2, 0) is 5.85 Å². The zero-order chi connectivity index (χ0) is 13.9. The third-order valence-corrected chi connectivity index (χ3v) is 2.36. The maximum atomic E-state index is 13.6. The summed E-state index contributed by atoms with van der Waals surface area (Å²) in [6, 6.07) is 10.8. The Morgan fingerprint density at radius 3 is 2.42 bits per heavy atom. The molecule has 2 rings (SSSR count). The molecule has 1 N–H and O–H groups in total. The van der Waals surface area contributed by atoms with E-state index in [4.69, 9.17) is 9.84 Å². The van der Waals surface area contributed by atoms with Crippen molar-refractivity contribution in [3.8, 4) is 11.5 Å². The normalized spacial score (nSPS) is 14.2. The van der Waals surface area contributed by atoms with Crippen molar-refractivity contribution in [2.45, 2.75) is 12.3 Å². The summed E-state index contributed by atoms with van der Waals surface area (Å²) in [7, 11) is 0. The second kappa shape index (κ2) is 5.27. The molecule has 0 bridgehead atoms. The SMILES string of the molecule is OC(F)(c1ncccc1Oc1ccccc1)C(F)F. The molecule has 1 unspecified atom stereocenters. The van der Waals surface area contributed by atoms with Gasteiger partial charge in [0.1, 0.15) is 5.75 Å². The van der Waals surface area contributed by atoms with Gasteiger partial charge in [-0.25, -0.2) is 8.78 Å². The summed E-state index contributed by atoms with van der Waals surface area (Å²) in [5.41, 5.74) is -0.853. The van der Waals surface area contributed by atoms with Crippen LogP contribution in [-0.4, -0.2) is 16.5 Å². The van der Waals surface area contributed by atoms with Crippen LogP contribution >= 0.6 is 0 Å². The van der Waals surface area contributed by atoms with Crippen molar-refractivity contribution >= 4 is 0 Å². The van der Waals surface area contributed by atoms with Crippen LogP contribution in [0.5, 0.6) is 11.5 Å². The number of halogens is 3. The van der Waals surface area contributed by atoms with Crippen molar-refractivity contribution in [2.75, 3.05) is 0 Å². The van der Waals surface area contributed by atoms with Crippen LogP contribution in [0.25, 0.3) is 0 Å². The molecule has 100 valence electrons. The Morgan fingerprint density at radius 1 is 1.11 bits per heavy atom. The van der Waals surface area contributed by atoms with E-state index >= 15 is 0 Å². The van der Waals surface area contributed by atoms with Crippen molar-refractivity contribution in [1.82, 2.24) is 4.98 Å². The first-order chi connectivity index (χ1) is 9.01. The first-order valence-electron chi connectivity index (χ1n) is 5.39. The highest BCUT2D eigenvalue weighted by atomic mass is 19.3. The number of para-hydroxylation sites is 1. The zero-order valence-corrected chi connectivity index (χ0v) is 9.63. The molecule has 0 saturated carbocycles. The molecule has 6 heteroatoms. The summed E-state index contributed by atoms with van der Waals surface area (Å²) in [6.07, 6.45) is -2.53. The molecule has 0 aliphatic heterocycles. The molecule has 0 radical (unpaired) electrons. The van der Waals surface area contributed by atoms with Crippen LogP contribution < -0.4 is 4.74 Å². The summed E-state index contributed by atoms with van der Waals surface area (Å²) < 4.78 is 43.8. The molecule has 0 saturated heterocycles. The lowest BCUT2D eigenvalue weighted by Crippen LogP contribution is -2.30. The van der Waals surface area contributed by atoms with Gasteiger partial charge in [-0.1, -0.05) is 18.2 Å². The number of hydrogen-bond donors (Lipinski definition) is 1. The Labute approximate surface area is 107 Å². The fourth-order valence-corrected chi connectivity index (χ4v) is 1.46. The smallest absolute Gasteiger partial charge is 0.314 e. The maximum Gasteiger partial charge on any atom is 0.314 e. The Kier molecular flexibility index (Phi) is 3.71. The largest absolute Gasteiger partial charge is 0.455 e. The number of hydrogen-bond acceptors (Lipinski definition) is 3. The van der Waals surface area contributed by atoms with E-state index in [1.807, 2.05) is 0 Å². The van der Waals surface area contributed by atoms with E-state index in [2.05, 4.69) is 4.98 Å².